The molecule has 0 saturated heterocycles. The van der Waals surface area contributed by atoms with Crippen molar-refractivity contribution in [3.8, 4) is 0 Å². The second kappa shape index (κ2) is 37.7. The molecule has 8 aliphatic carbocycles. The number of unbranched alkanes of at least 4 members (excludes halogenated alkanes) is 3. The van der Waals surface area contributed by atoms with E-state index in [2.05, 4.69) is 55.4 Å². The van der Waals surface area contributed by atoms with Gasteiger partial charge < -0.3 is 0 Å². The average Bonchev–Trinajstić information content (AvgIpc) is 3.43. The van der Waals surface area contributed by atoms with Crippen molar-refractivity contribution >= 4 is 0 Å². The topological polar surface area (TPSA) is 0 Å². The molecule has 8 rings (SSSR count). The number of hydrogen-bond acceptors (Lipinski definition) is 0. The van der Waals surface area contributed by atoms with Crippen LogP contribution in [0.2, 0.25) is 0 Å². The summed E-state index contributed by atoms with van der Waals surface area (Å²) in [5, 5.41) is 0. The average molecular weight is 1020 g/mol. The fourth-order valence-electron chi connectivity index (χ4n) is 18.3. The van der Waals surface area contributed by atoms with Crippen molar-refractivity contribution in [2.75, 3.05) is 0 Å². The summed E-state index contributed by atoms with van der Waals surface area (Å²) in [6, 6.07) is 0. The smallest absolute Gasteiger partial charge is 0 e. The minimum atomic E-state index is 0. The third kappa shape index (κ3) is 23.5. The highest BCUT2D eigenvalue weighted by Crippen LogP contribution is 2.47. The summed E-state index contributed by atoms with van der Waals surface area (Å²) in [5.74, 6) is 17.5. The monoisotopic (exact) mass is 1020 g/mol. The van der Waals surface area contributed by atoms with Gasteiger partial charge in [0.2, 0.25) is 0 Å². The van der Waals surface area contributed by atoms with Crippen LogP contribution in [0.15, 0.2) is 0 Å². The third-order valence-electron chi connectivity index (χ3n) is 23.5. The molecule has 0 atom stereocenters. The molecule has 440 valence electrons. The minimum Gasteiger partial charge on any atom is -0.0654 e. The first-order valence-electron chi connectivity index (χ1n) is 35.3. The highest BCUT2D eigenvalue weighted by Gasteiger charge is 2.34. The SMILES string of the molecule is CCCC1CCC(C2CCC(C)CC2)CC1.CCCC1CCC(C2CCC(CC)CC2)CC1.CCCCC1CCC(C2CCC(CCC)CC2)CC1.CCCCCC1CCC(C2CCC(CCC)CC2)CC1.[HH].[HH].[HH].[HH].[HH].[HH].[HH].[HH]. The Morgan fingerprint density at radius 3 is 0.639 bits per heavy atom. The van der Waals surface area contributed by atoms with Gasteiger partial charge in [-0.05, 0) is 197 Å². The largest absolute Gasteiger partial charge is 0.0654 e. The van der Waals surface area contributed by atoms with E-state index in [1.54, 1.807) is 180 Å². The van der Waals surface area contributed by atoms with Crippen LogP contribution >= 0.6 is 0 Å². The molecule has 0 N–H and O–H groups in total. The lowest BCUT2D eigenvalue weighted by atomic mass is 9.68. The van der Waals surface area contributed by atoms with E-state index in [0.29, 0.717) is 0 Å². The fourth-order valence-corrected chi connectivity index (χ4v) is 18.3. The minimum absolute atomic E-state index is 0. The summed E-state index contributed by atoms with van der Waals surface area (Å²) in [6.45, 7) is 18.9. The Bertz CT molecular complexity index is 1240. The Morgan fingerprint density at radius 2 is 0.417 bits per heavy atom. The van der Waals surface area contributed by atoms with Crippen LogP contribution in [0.5, 0.6) is 0 Å². The van der Waals surface area contributed by atoms with Gasteiger partial charge in [-0.1, -0.05) is 261 Å². The normalized spacial score (nSPS) is 37.7. The summed E-state index contributed by atoms with van der Waals surface area (Å²) in [7, 11) is 0. The van der Waals surface area contributed by atoms with E-state index < -0.39 is 0 Å². The highest BCUT2D eigenvalue weighted by molar-refractivity contribution is 4.86. The van der Waals surface area contributed by atoms with Crippen LogP contribution < -0.4 is 0 Å². The van der Waals surface area contributed by atoms with Crippen LogP contribution in [0.1, 0.15) is 375 Å². The van der Waals surface area contributed by atoms with Crippen LogP contribution in [0.4, 0.5) is 0 Å². The second-order valence-electron chi connectivity index (χ2n) is 28.7. The molecule has 8 saturated carbocycles. The molecule has 0 bridgehead atoms. The summed E-state index contributed by atoms with van der Waals surface area (Å²) in [6.07, 6.45) is 73.0. The summed E-state index contributed by atoms with van der Waals surface area (Å²) < 4.78 is 0. The molecule has 72 heavy (non-hydrogen) atoms. The standard InChI is InChI=1S/C20H38.C19H36.C17H32.C16H30.8H2/c1-3-5-6-8-18-11-15-20(16-12-18)19-13-9-17(7-4-2)10-14-19;1-3-5-7-17-10-14-19(15-11-17)18-12-8-16(6-4-2)9-13-18;1-3-5-15-8-12-17(13-9-15)16-10-6-14(4-2)7-11-16;1-3-4-14-7-11-16(12-8-14)15-9-5-13(2)6-10-15;;;;;;;;/h17-20H,3-16H2,1-2H3;16-19H,3-15H2,1-2H3;14-17H,3-13H2,1-2H3;13-16H,3-12H2,1-2H3;8*1H. The lowest BCUT2D eigenvalue weighted by Crippen LogP contribution is -2.25. The van der Waals surface area contributed by atoms with E-state index in [0.717, 1.165) is 94.7 Å². The maximum absolute atomic E-state index is 2.44. The fraction of sp³-hybridized carbons (Fsp3) is 1.00. The van der Waals surface area contributed by atoms with Gasteiger partial charge in [-0.2, -0.15) is 0 Å². The second-order valence-corrected chi connectivity index (χ2v) is 28.7. The Morgan fingerprint density at radius 1 is 0.208 bits per heavy atom. The Hall–Kier alpha value is 0. The third-order valence-corrected chi connectivity index (χ3v) is 23.5. The predicted molar refractivity (Wildman–Crippen MR) is 340 cm³/mol. The van der Waals surface area contributed by atoms with Gasteiger partial charge in [0.1, 0.15) is 0 Å². The molecular weight excluding hydrogens is 865 g/mol. The number of rotatable bonds is 20. The van der Waals surface area contributed by atoms with Crippen LogP contribution in [-0.2, 0) is 0 Å². The van der Waals surface area contributed by atoms with Crippen molar-refractivity contribution in [2.45, 2.75) is 364 Å². The lowest BCUT2D eigenvalue weighted by molar-refractivity contribution is 0.140. The first-order chi connectivity index (χ1) is 35.3. The molecule has 0 nitrogen and oxygen atoms in total. The van der Waals surface area contributed by atoms with E-state index in [1.165, 1.54) is 128 Å². The van der Waals surface area contributed by atoms with E-state index in [4.69, 9.17) is 0 Å². The molecule has 0 heteroatoms. The summed E-state index contributed by atoms with van der Waals surface area (Å²) in [4.78, 5) is 0. The van der Waals surface area contributed by atoms with Gasteiger partial charge in [-0.25, -0.2) is 0 Å². The van der Waals surface area contributed by atoms with Crippen molar-refractivity contribution in [3.05, 3.63) is 0 Å². The van der Waals surface area contributed by atoms with Gasteiger partial charge in [0.25, 0.3) is 0 Å². The lowest BCUT2D eigenvalue weighted by Gasteiger charge is -2.38. The Kier molecular flexibility index (Phi) is 32.9. The van der Waals surface area contributed by atoms with Crippen molar-refractivity contribution in [1.29, 1.82) is 0 Å². The zero-order valence-electron chi connectivity index (χ0n) is 51.2. The van der Waals surface area contributed by atoms with Gasteiger partial charge in [0, 0.05) is 11.4 Å². The molecule has 8 aliphatic rings. The van der Waals surface area contributed by atoms with Crippen molar-refractivity contribution in [2.24, 2.45) is 94.7 Å². The van der Waals surface area contributed by atoms with Crippen LogP contribution in [0.25, 0.3) is 0 Å². The molecular formula is C72H152. The Balaban J connectivity index is -0.000000467. The van der Waals surface area contributed by atoms with E-state index in [9.17, 15) is 0 Å². The Labute approximate surface area is 467 Å². The van der Waals surface area contributed by atoms with E-state index in [1.807, 2.05) is 0 Å². The molecule has 0 aromatic carbocycles. The van der Waals surface area contributed by atoms with Crippen LogP contribution in [0.3, 0.4) is 0 Å². The molecule has 0 aliphatic heterocycles. The van der Waals surface area contributed by atoms with Crippen LogP contribution in [-0.4, -0.2) is 0 Å². The molecule has 0 amide bonds. The maximum Gasteiger partial charge on any atom is 0 e. The molecule has 0 heterocycles. The van der Waals surface area contributed by atoms with Crippen LogP contribution in [0, 0.1) is 94.7 Å². The summed E-state index contributed by atoms with van der Waals surface area (Å²) in [5.41, 5.74) is 0. The van der Waals surface area contributed by atoms with Gasteiger partial charge >= 0.3 is 0 Å². The maximum atomic E-state index is 2.44. The van der Waals surface area contributed by atoms with Crippen molar-refractivity contribution in [3.63, 3.8) is 0 Å². The first kappa shape index (κ1) is 62.8. The highest BCUT2D eigenvalue weighted by atomic mass is 14.4. The first-order valence-corrected chi connectivity index (χ1v) is 35.3. The molecule has 0 spiro atoms. The number of hydrogen-bond donors (Lipinski definition) is 0. The van der Waals surface area contributed by atoms with Gasteiger partial charge in [0.05, 0.1) is 0 Å². The van der Waals surface area contributed by atoms with E-state index in [-0.39, 0.29) is 11.4 Å². The summed E-state index contributed by atoms with van der Waals surface area (Å²) >= 11 is 0. The molecule has 0 radical (unpaired) electrons. The zero-order chi connectivity index (χ0) is 51.2. The van der Waals surface area contributed by atoms with Crippen molar-refractivity contribution in [1.82, 2.24) is 0 Å². The molecule has 0 unspecified atom stereocenters. The molecule has 8 fully saturated rings. The van der Waals surface area contributed by atoms with Gasteiger partial charge in [-0.15, -0.1) is 0 Å². The van der Waals surface area contributed by atoms with Gasteiger partial charge in [-0.3, -0.25) is 0 Å². The molecule has 0 aromatic heterocycles. The van der Waals surface area contributed by atoms with Crippen molar-refractivity contribution < 1.29 is 11.4 Å². The van der Waals surface area contributed by atoms with E-state index >= 15 is 0 Å². The quantitative estimate of drug-likeness (QED) is 0.107. The predicted octanol–water partition coefficient (Wildman–Crippen LogP) is 26.8. The molecule has 0 aromatic rings. The van der Waals surface area contributed by atoms with Gasteiger partial charge in [0.15, 0.2) is 0 Å². The zero-order valence-corrected chi connectivity index (χ0v) is 51.2.